The first kappa shape index (κ1) is 22.5. The standard InChI is InChI=1S/C21H30N2O6/c1-5-27-18(24)16-13-23(20(26)29-21(2,3)4)12-11-17(16)22-19(25)28-14-15-9-7-6-8-10-15/h6-10,16-17H,5,11-14H2,1-4H3,(H,22,25)/t16-,17-/m1/s1. The minimum Gasteiger partial charge on any atom is -0.466 e. The number of alkyl carbamates (subject to hydrolysis) is 1. The molecule has 1 N–H and O–H groups in total. The summed E-state index contributed by atoms with van der Waals surface area (Å²) in [5.74, 6) is -1.16. The average Bonchev–Trinajstić information content (AvgIpc) is 2.66. The van der Waals surface area contributed by atoms with Gasteiger partial charge in [-0.25, -0.2) is 9.59 Å². The number of nitrogens with one attached hydrogen (secondary N) is 1. The van der Waals surface area contributed by atoms with Crippen LogP contribution in [0.25, 0.3) is 0 Å². The van der Waals surface area contributed by atoms with Gasteiger partial charge in [0.1, 0.15) is 12.2 Å². The van der Waals surface area contributed by atoms with E-state index in [1.807, 2.05) is 30.3 Å². The van der Waals surface area contributed by atoms with E-state index in [9.17, 15) is 14.4 Å². The van der Waals surface area contributed by atoms with Crippen molar-refractivity contribution in [3.8, 4) is 0 Å². The molecule has 29 heavy (non-hydrogen) atoms. The maximum absolute atomic E-state index is 12.4. The third kappa shape index (κ3) is 7.29. The van der Waals surface area contributed by atoms with E-state index in [1.165, 1.54) is 4.90 Å². The van der Waals surface area contributed by atoms with Crippen molar-refractivity contribution in [1.29, 1.82) is 0 Å². The summed E-state index contributed by atoms with van der Waals surface area (Å²) >= 11 is 0. The van der Waals surface area contributed by atoms with Crippen LogP contribution in [0.4, 0.5) is 9.59 Å². The van der Waals surface area contributed by atoms with Crippen molar-refractivity contribution in [2.75, 3.05) is 19.7 Å². The summed E-state index contributed by atoms with van der Waals surface area (Å²) in [4.78, 5) is 38.5. The van der Waals surface area contributed by atoms with E-state index >= 15 is 0 Å². The van der Waals surface area contributed by atoms with Crippen LogP contribution in [-0.4, -0.2) is 54.4 Å². The number of benzene rings is 1. The molecule has 1 saturated heterocycles. The summed E-state index contributed by atoms with van der Waals surface area (Å²) in [7, 11) is 0. The van der Waals surface area contributed by atoms with Crippen molar-refractivity contribution in [3.05, 3.63) is 35.9 Å². The van der Waals surface area contributed by atoms with E-state index in [-0.39, 0.29) is 19.8 Å². The number of piperidine rings is 1. The van der Waals surface area contributed by atoms with Crippen molar-refractivity contribution in [2.45, 2.75) is 52.4 Å². The van der Waals surface area contributed by atoms with Gasteiger partial charge in [-0.3, -0.25) is 4.79 Å². The molecule has 1 aromatic carbocycles. The fourth-order valence-corrected chi connectivity index (χ4v) is 3.02. The second-order valence-corrected chi connectivity index (χ2v) is 7.89. The fourth-order valence-electron chi connectivity index (χ4n) is 3.02. The van der Waals surface area contributed by atoms with E-state index in [0.29, 0.717) is 13.0 Å². The zero-order chi connectivity index (χ0) is 21.4. The molecule has 8 nitrogen and oxygen atoms in total. The fraction of sp³-hybridized carbons (Fsp3) is 0.571. The van der Waals surface area contributed by atoms with Crippen LogP contribution in [0, 0.1) is 5.92 Å². The second-order valence-electron chi connectivity index (χ2n) is 7.89. The lowest BCUT2D eigenvalue weighted by molar-refractivity contribution is -0.150. The predicted molar refractivity (Wildman–Crippen MR) is 106 cm³/mol. The second kappa shape index (κ2) is 10.1. The Bertz CT molecular complexity index is 701. The maximum atomic E-state index is 12.4. The van der Waals surface area contributed by atoms with E-state index in [4.69, 9.17) is 14.2 Å². The molecule has 160 valence electrons. The molecular weight excluding hydrogens is 376 g/mol. The minimum atomic E-state index is -0.694. The summed E-state index contributed by atoms with van der Waals surface area (Å²) in [6.45, 7) is 7.87. The highest BCUT2D eigenvalue weighted by Crippen LogP contribution is 2.21. The molecule has 1 heterocycles. The summed E-state index contributed by atoms with van der Waals surface area (Å²) < 4.78 is 15.8. The van der Waals surface area contributed by atoms with Crippen LogP contribution in [0.5, 0.6) is 0 Å². The van der Waals surface area contributed by atoms with Crippen LogP contribution in [0.15, 0.2) is 30.3 Å². The van der Waals surface area contributed by atoms with Crippen molar-refractivity contribution in [3.63, 3.8) is 0 Å². The molecule has 1 fully saturated rings. The van der Waals surface area contributed by atoms with Crippen LogP contribution >= 0.6 is 0 Å². The van der Waals surface area contributed by atoms with Gasteiger partial charge in [0.15, 0.2) is 0 Å². The highest BCUT2D eigenvalue weighted by molar-refractivity contribution is 5.77. The van der Waals surface area contributed by atoms with E-state index in [0.717, 1.165) is 5.56 Å². The van der Waals surface area contributed by atoms with Crippen molar-refractivity contribution in [1.82, 2.24) is 10.2 Å². The molecule has 0 aliphatic carbocycles. The normalized spacial score (nSPS) is 19.2. The van der Waals surface area contributed by atoms with Crippen molar-refractivity contribution >= 4 is 18.2 Å². The maximum Gasteiger partial charge on any atom is 0.410 e. The molecule has 1 aromatic rings. The third-order valence-corrected chi connectivity index (χ3v) is 4.37. The van der Waals surface area contributed by atoms with Gasteiger partial charge in [-0.1, -0.05) is 30.3 Å². The molecule has 1 aliphatic rings. The Morgan fingerprint density at radius 1 is 1.14 bits per heavy atom. The lowest BCUT2D eigenvalue weighted by Crippen LogP contribution is -2.55. The lowest BCUT2D eigenvalue weighted by atomic mass is 9.92. The number of ether oxygens (including phenoxy) is 3. The first-order valence-corrected chi connectivity index (χ1v) is 9.81. The van der Waals surface area contributed by atoms with Gasteiger partial charge in [0.05, 0.1) is 12.5 Å². The molecule has 0 spiro atoms. The number of esters is 1. The quantitative estimate of drug-likeness (QED) is 0.596. The topological polar surface area (TPSA) is 94.2 Å². The first-order chi connectivity index (χ1) is 13.7. The number of carbonyl (C=O) groups is 3. The van der Waals surface area contributed by atoms with Crippen molar-refractivity contribution < 1.29 is 28.6 Å². The van der Waals surface area contributed by atoms with Crippen LogP contribution < -0.4 is 5.32 Å². The summed E-state index contributed by atoms with van der Waals surface area (Å²) in [6, 6.07) is 8.82. The van der Waals surface area contributed by atoms with Gasteiger partial charge < -0.3 is 24.4 Å². The third-order valence-electron chi connectivity index (χ3n) is 4.37. The Hall–Kier alpha value is -2.77. The van der Waals surface area contributed by atoms with Crippen LogP contribution in [0.1, 0.15) is 39.7 Å². The highest BCUT2D eigenvalue weighted by Gasteiger charge is 2.39. The Morgan fingerprint density at radius 2 is 1.83 bits per heavy atom. The predicted octanol–water partition coefficient (Wildman–Crippen LogP) is 3.10. The Morgan fingerprint density at radius 3 is 2.45 bits per heavy atom. The summed E-state index contributed by atoms with van der Waals surface area (Å²) in [5, 5.41) is 2.75. The Labute approximate surface area is 171 Å². The van der Waals surface area contributed by atoms with Gasteiger partial charge in [-0.15, -0.1) is 0 Å². The summed E-state index contributed by atoms with van der Waals surface area (Å²) in [6.07, 6.45) is -0.709. The molecule has 0 unspecified atom stereocenters. The van der Waals surface area contributed by atoms with Crippen LogP contribution in [-0.2, 0) is 25.6 Å². The zero-order valence-electron chi connectivity index (χ0n) is 17.5. The van der Waals surface area contributed by atoms with E-state index in [2.05, 4.69) is 5.32 Å². The molecule has 0 bridgehead atoms. The minimum absolute atomic E-state index is 0.109. The molecule has 2 atom stereocenters. The molecule has 2 amide bonds. The average molecular weight is 406 g/mol. The molecule has 2 rings (SSSR count). The first-order valence-electron chi connectivity index (χ1n) is 9.81. The summed E-state index contributed by atoms with van der Waals surface area (Å²) in [5.41, 5.74) is 0.233. The van der Waals surface area contributed by atoms with Gasteiger partial charge in [0.2, 0.25) is 0 Å². The SMILES string of the molecule is CCOC(=O)[C@@H]1CN(C(=O)OC(C)(C)C)CC[C@H]1NC(=O)OCc1ccccc1. The lowest BCUT2D eigenvalue weighted by Gasteiger charge is -2.37. The van der Waals surface area contributed by atoms with Crippen LogP contribution in [0.3, 0.4) is 0 Å². The smallest absolute Gasteiger partial charge is 0.410 e. The molecule has 0 aromatic heterocycles. The monoisotopic (exact) mass is 406 g/mol. The van der Waals surface area contributed by atoms with Crippen molar-refractivity contribution in [2.24, 2.45) is 5.92 Å². The largest absolute Gasteiger partial charge is 0.466 e. The van der Waals surface area contributed by atoms with Gasteiger partial charge in [-0.2, -0.15) is 0 Å². The molecule has 0 radical (unpaired) electrons. The van der Waals surface area contributed by atoms with Crippen LogP contribution in [0.2, 0.25) is 0 Å². The van der Waals surface area contributed by atoms with Gasteiger partial charge >= 0.3 is 18.2 Å². The van der Waals surface area contributed by atoms with Gasteiger partial charge in [-0.05, 0) is 39.7 Å². The van der Waals surface area contributed by atoms with E-state index in [1.54, 1.807) is 27.7 Å². The van der Waals surface area contributed by atoms with Gasteiger partial charge in [0.25, 0.3) is 0 Å². The molecule has 8 heteroatoms. The number of nitrogens with zero attached hydrogens (tertiary/aromatic N) is 1. The number of rotatable bonds is 5. The number of hydrogen-bond acceptors (Lipinski definition) is 6. The molecule has 1 aliphatic heterocycles. The van der Waals surface area contributed by atoms with E-state index < -0.39 is 35.7 Å². The Kier molecular flexibility index (Phi) is 7.87. The molecule has 0 saturated carbocycles. The molecular formula is C21H30N2O6. The number of likely N-dealkylation sites (tertiary alicyclic amines) is 1. The zero-order valence-corrected chi connectivity index (χ0v) is 17.5. The number of amides is 2. The van der Waals surface area contributed by atoms with Gasteiger partial charge in [0, 0.05) is 19.1 Å². The Balaban J connectivity index is 1.97. The number of carbonyl (C=O) groups excluding carboxylic acids is 3. The highest BCUT2D eigenvalue weighted by atomic mass is 16.6. The number of hydrogen-bond donors (Lipinski definition) is 1.